The monoisotopic (exact) mass is 490 g/mol. The van der Waals surface area contributed by atoms with Gasteiger partial charge in [-0.25, -0.2) is 18.7 Å². The van der Waals surface area contributed by atoms with Crippen LogP contribution in [-0.4, -0.2) is 28.3 Å². The Kier molecular flexibility index (Phi) is 6.33. The van der Waals surface area contributed by atoms with Crippen LogP contribution in [0.15, 0.2) is 65.1 Å². The lowest BCUT2D eigenvalue weighted by molar-refractivity contribution is -0.210. The van der Waals surface area contributed by atoms with Crippen LogP contribution in [0.1, 0.15) is 16.8 Å². The van der Waals surface area contributed by atoms with Gasteiger partial charge >= 0.3 is 5.92 Å². The third-order valence-corrected chi connectivity index (χ3v) is 5.16. The molecule has 0 saturated heterocycles. The largest absolute Gasteiger partial charge is 0.456 e. The number of pyridine rings is 1. The first-order valence-electron chi connectivity index (χ1n) is 9.91. The number of nitrogens with zero attached hydrogens (tertiary/aromatic N) is 5. The summed E-state index contributed by atoms with van der Waals surface area (Å²) in [6.07, 6.45) is 0.902. The van der Waals surface area contributed by atoms with Gasteiger partial charge in [0.25, 0.3) is 0 Å². The van der Waals surface area contributed by atoms with Crippen molar-refractivity contribution in [3.63, 3.8) is 0 Å². The van der Waals surface area contributed by atoms with Gasteiger partial charge in [0.15, 0.2) is 5.60 Å². The lowest BCUT2D eigenvalue weighted by atomic mass is 9.84. The molecule has 4 rings (SSSR count). The van der Waals surface area contributed by atoms with E-state index in [0.29, 0.717) is 6.07 Å². The van der Waals surface area contributed by atoms with E-state index in [9.17, 15) is 18.3 Å². The molecule has 2 N–H and O–H groups in total. The van der Waals surface area contributed by atoms with E-state index in [1.54, 1.807) is 6.07 Å². The smallest absolute Gasteiger partial charge is 0.323 e. The maximum absolute atomic E-state index is 15.7. The first-order chi connectivity index (χ1) is 16.6. The summed E-state index contributed by atoms with van der Waals surface area (Å²) in [5.74, 6) is -7.50. The Bertz CT molecular complexity index is 1310. The number of nitriles is 1. The topological polar surface area (TPSA) is 106 Å². The van der Waals surface area contributed by atoms with Gasteiger partial charge in [-0.05, 0) is 30.3 Å². The van der Waals surface area contributed by atoms with Crippen molar-refractivity contribution in [3.05, 3.63) is 89.0 Å². The summed E-state index contributed by atoms with van der Waals surface area (Å²) in [6.45, 7) is -1.09. The number of benzene rings is 2. The Hall–Kier alpha value is -4.15. The predicted octanol–water partition coefficient (Wildman–Crippen LogP) is 4.29. The molecule has 0 saturated carbocycles. The quantitative estimate of drug-likeness (QED) is 0.479. The summed E-state index contributed by atoms with van der Waals surface area (Å²) in [4.78, 5) is 3.65. The predicted molar refractivity (Wildman–Crippen MR) is 109 cm³/mol. The van der Waals surface area contributed by atoms with E-state index < -0.39 is 46.8 Å². The van der Waals surface area contributed by atoms with Crippen LogP contribution in [0, 0.1) is 28.8 Å². The Morgan fingerprint density at radius 3 is 2.43 bits per heavy atom. The van der Waals surface area contributed by atoms with Crippen molar-refractivity contribution in [2.24, 2.45) is 10.3 Å². The molecule has 0 radical (unpaired) electrons. The van der Waals surface area contributed by atoms with E-state index in [1.807, 2.05) is 0 Å². The molecule has 8 nitrogen and oxygen atoms in total. The van der Waals surface area contributed by atoms with E-state index in [2.05, 4.69) is 20.9 Å². The van der Waals surface area contributed by atoms with Crippen LogP contribution in [0.3, 0.4) is 0 Å². The number of alkyl halides is 2. The molecule has 2 aromatic carbocycles. The zero-order valence-corrected chi connectivity index (χ0v) is 17.6. The van der Waals surface area contributed by atoms with Gasteiger partial charge in [-0.3, -0.25) is 4.98 Å². The number of hydrogen-bond donors (Lipinski definition) is 2. The Morgan fingerprint density at radius 1 is 1.06 bits per heavy atom. The van der Waals surface area contributed by atoms with E-state index in [-0.39, 0.29) is 23.7 Å². The van der Waals surface area contributed by atoms with Crippen molar-refractivity contribution in [1.82, 2.24) is 15.5 Å². The van der Waals surface area contributed by atoms with Crippen molar-refractivity contribution >= 4 is 0 Å². The second-order valence-electron chi connectivity index (χ2n) is 7.47. The summed E-state index contributed by atoms with van der Waals surface area (Å²) >= 11 is 0. The highest BCUT2D eigenvalue weighted by Crippen LogP contribution is 2.46. The van der Waals surface area contributed by atoms with E-state index >= 15 is 8.78 Å². The number of nitrogens with one attached hydrogen (secondary N) is 1. The highest BCUT2D eigenvalue weighted by Gasteiger charge is 2.58. The zero-order valence-electron chi connectivity index (χ0n) is 17.6. The van der Waals surface area contributed by atoms with Crippen molar-refractivity contribution in [1.29, 1.82) is 5.26 Å². The summed E-state index contributed by atoms with van der Waals surface area (Å²) in [6, 6.07) is 8.86. The molecule has 1 unspecified atom stereocenters. The summed E-state index contributed by atoms with van der Waals surface area (Å²) in [5, 5.41) is 27.9. The van der Waals surface area contributed by atoms with Crippen LogP contribution in [0.4, 0.5) is 22.0 Å². The minimum absolute atomic E-state index is 0.0136. The number of rotatable bonds is 7. The number of aromatic nitrogens is 1. The van der Waals surface area contributed by atoms with Gasteiger partial charge in [-0.15, -0.1) is 0 Å². The van der Waals surface area contributed by atoms with Gasteiger partial charge in [0.2, 0.25) is 0 Å². The van der Waals surface area contributed by atoms with Crippen molar-refractivity contribution in [3.8, 4) is 17.6 Å². The molecular weight excluding hydrogens is 475 g/mol. The molecule has 1 aromatic heterocycles. The fraction of sp³-hybridized carbons (Fsp3) is 0.182. The lowest BCUT2D eigenvalue weighted by Gasteiger charge is -2.38. The second-order valence-corrected chi connectivity index (χ2v) is 7.47. The number of β-amino-alcohol motifs (C(OH)–C–C–N with tert-alkyl or cyclic N) is 1. The van der Waals surface area contributed by atoms with Crippen molar-refractivity contribution < 1.29 is 31.8 Å². The molecule has 13 heteroatoms. The fourth-order valence-electron chi connectivity index (χ4n) is 3.40. The molecule has 35 heavy (non-hydrogen) atoms. The highest BCUT2D eigenvalue weighted by molar-refractivity contribution is 5.39. The minimum Gasteiger partial charge on any atom is -0.456 e. The number of halogens is 5. The number of hydrazine groups is 1. The fourth-order valence-corrected chi connectivity index (χ4v) is 3.40. The van der Waals surface area contributed by atoms with Crippen LogP contribution < -0.4 is 10.3 Å². The van der Waals surface area contributed by atoms with Crippen LogP contribution in [0.5, 0.6) is 11.5 Å². The number of ether oxygens (including phenoxy) is 1. The molecule has 0 bridgehead atoms. The van der Waals surface area contributed by atoms with Crippen molar-refractivity contribution in [2.75, 3.05) is 13.2 Å². The van der Waals surface area contributed by atoms with Crippen LogP contribution >= 0.6 is 0 Å². The number of aliphatic hydroxyl groups is 1. The molecule has 0 fully saturated rings. The Morgan fingerprint density at radius 2 is 1.83 bits per heavy atom. The molecule has 3 aromatic rings. The first kappa shape index (κ1) is 24.0. The standard InChI is InChI=1S/C22H15F5N6O2/c23-14-2-5-17(19(25)7-14)21(34,11-33-12-30-31-32-33)22(26,27)20-6-4-16(10-29-20)35-15-3-1-13(9-28)18(24)8-15/h1-8,10,34H,11-12H2,(H,30,32). The number of hydrogen-bond acceptors (Lipinski definition) is 8. The molecule has 0 aliphatic carbocycles. The average Bonchev–Trinajstić information content (AvgIpc) is 3.32. The molecule has 0 amide bonds. The van der Waals surface area contributed by atoms with Gasteiger partial charge in [0.1, 0.15) is 47.4 Å². The maximum Gasteiger partial charge on any atom is 0.323 e. The van der Waals surface area contributed by atoms with E-state index in [4.69, 9.17) is 10.00 Å². The SMILES string of the molecule is N#Cc1ccc(Oc2ccc(C(F)(F)C(O)(CN3CN=NN3)c3ccc(F)cc3F)nc2)cc1F. The van der Waals surface area contributed by atoms with Gasteiger partial charge in [0, 0.05) is 17.7 Å². The van der Waals surface area contributed by atoms with Crippen LogP contribution in [0.2, 0.25) is 0 Å². The molecule has 1 atom stereocenters. The van der Waals surface area contributed by atoms with Gasteiger partial charge < -0.3 is 9.84 Å². The third-order valence-electron chi connectivity index (χ3n) is 5.16. The minimum atomic E-state index is -4.20. The summed E-state index contributed by atoms with van der Waals surface area (Å²) < 4.78 is 78.5. The summed E-state index contributed by atoms with van der Waals surface area (Å²) in [5.41, 5.74) is -2.95. The van der Waals surface area contributed by atoms with Gasteiger partial charge in [-0.1, -0.05) is 11.3 Å². The Balaban J connectivity index is 1.66. The third kappa shape index (κ3) is 4.61. The van der Waals surface area contributed by atoms with E-state index in [0.717, 1.165) is 41.5 Å². The van der Waals surface area contributed by atoms with Gasteiger partial charge in [-0.2, -0.15) is 24.2 Å². The second kappa shape index (κ2) is 9.24. The zero-order chi connectivity index (χ0) is 25.2. The van der Waals surface area contributed by atoms with Crippen molar-refractivity contribution in [2.45, 2.75) is 11.5 Å². The average molecular weight is 490 g/mol. The van der Waals surface area contributed by atoms with Crippen LogP contribution in [0.25, 0.3) is 0 Å². The van der Waals surface area contributed by atoms with Gasteiger partial charge in [0.05, 0.1) is 18.3 Å². The normalized spacial score (nSPS) is 15.3. The molecule has 180 valence electrons. The molecular formula is C22H15F5N6O2. The maximum atomic E-state index is 15.7. The molecule has 1 aliphatic heterocycles. The summed E-state index contributed by atoms with van der Waals surface area (Å²) in [7, 11) is 0. The molecule has 1 aliphatic rings. The lowest BCUT2D eigenvalue weighted by Crippen LogP contribution is -2.53. The van der Waals surface area contributed by atoms with E-state index in [1.165, 1.54) is 12.1 Å². The molecule has 2 heterocycles. The first-order valence-corrected chi connectivity index (χ1v) is 9.91. The highest BCUT2D eigenvalue weighted by atomic mass is 19.3. The van der Waals surface area contributed by atoms with Crippen LogP contribution in [-0.2, 0) is 11.5 Å². The molecule has 0 spiro atoms. The Labute approximate surface area is 194 Å².